The van der Waals surface area contributed by atoms with Crippen LogP contribution in [0, 0.1) is 6.92 Å². The molecule has 92 valence electrons. The molecule has 0 radical (unpaired) electrons. The third-order valence-corrected chi connectivity index (χ3v) is 2.42. The van der Waals surface area contributed by atoms with Gasteiger partial charge < -0.3 is 9.64 Å². The summed E-state index contributed by atoms with van der Waals surface area (Å²) >= 11 is 0. The van der Waals surface area contributed by atoms with Crippen LogP contribution in [0.1, 0.15) is 18.1 Å². The first kappa shape index (κ1) is 13.5. The fraction of sp³-hybridized carbons (Fsp3) is 0.429. The summed E-state index contributed by atoms with van der Waals surface area (Å²) in [5, 5.41) is 0. The number of rotatable bonds is 5. The van der Waals surface area contributed by atoms with Crippen molar-refractivity contribution in [2.75, 3.05) is 27.2 Å². The lowest BCUT2D eigenvalue weighted by atomic mass is 10.0. The average molecular weight is 233 g/mol. The summed E-state index contributed by atoms with van der Waals surface area (Å²) in [7, 11) is 3.86. The van der Waals surface area contributed by atoms with E-state index in [4.69, 9.17) is 4.74 Å². The van der Waals surface area contributed by atoms with Crippen LogP contribution in [0.3, 0.4) is 0 Å². The molecule has 3 nitrogen and oxygen atoms in total. The van der Waals surface area contributed by atoms with Crippen LogP contribution in [0.5, 0.6) is 5.75 Å². The highest BCUT2D eigenvalue weighted by Gasteiger charge is 2.07. The minimum absolute atomic E-state index is 0.594. The predicted octanol–water partition coefficient (Wildman–Crippen LogP) is 2.17. The Labute approximate surface area is 103 Å². The van der Waals surface area contributed by atoms with Gasteiger partial charge in [-0.1, -0.05) is 6.07 Å². The first-order valence-corrected chi connectivity index (χ1v) is 5.71. The van der Waals surface area contributed by atoms with Gasteiger partial charge in [0.2, 0.25) is 0 Å². The van der Waals surface area contributed by atoms with Gasteiger partial charge in [0, 0.05) is 6.54 Å². The minimum Gasteiger partial charge on any atom is -0.494 e. The zero-order chi connectivity index (χ0) is 12.8. The Bertz CT molecular complexity index is 432. The molecule has 0 unspecified atom stereocenters. The molecule has 0 amide bonds. The lowest BCUT2D eigenvalue weighted by Crippen LogP contribution is -2.15. The van der Waals surface area contributed by atoms with Crippen molar-refractivity contribution in [1.82, 2.24) is 4.90 Å². The van der Waals surface area contributed by atoms with Gasteiger partial charge in [0.15, 0.2) is 0 Å². The molecule has 0 aromatic heterocycles. The van der Waals surface area contributed by atoms with Crippen molar-refractivity contribution in [3.63, 3.8) is 0 Å². The molecule has 0 atom stereocenters. The average Bonchev–Trinajstić information content (AvgIpc) is 2.28. The number of carbonyl (C=O) groups excluding carboxylic acids is 1. The Balaban J connectivity index is 2.99. The Morgan fingerprint density at radius 1 is 1.41 bits per heavy atom. The monoisotopic (exact) mass is 233 g/mol. The summed E-state index contributed by atoms with van der Waals surface area (Å²) in [4.78, 5) is 12.9. The van der Waals surface area contributed by atoms with E-state index < -0.39 is 0 Å². The summed E-state index contributed by atoms with van der Waals surface area (Å²) in [5.41, 5.74) is 2.62. The van der Waals surface area contributed by atoms with E-state index in [0.29, 0.717) is 18.7 Å². The van der Waals surface area contributed by atoms with Crippen LogP contribution in [-0.4, -0.2) is 38.1 Å². The summed E-state index contributed by atoms with van der Waals surface area (Å²) in [5.74, 6) is 2.88. The van der Waals surface area contributed by atoms with Crippen molar-refractivity contribution >= 4 is 11.5 Å². The first-order chi connectivity index (χ1) is 8.08. The summed E-state index contributed by atoms with van der Waals surface area (Å²) in [6, 6.07) is 5.78. The largest absolute Gasteiger partial charge is 0.494 e. The number of hydrogen-bond acceptors (Lipinski definition) is 3. The summed E-state index contributed by atoms with van der Waals surface area (Å²) in [6.45, 7) is 5.17. The van der Waals surface area contributed by atoms with Crippen LogP contribution in [0.4, 0.5) is 0 Å². The predicted molar refractivity (Wildman–Crippen MR) is 70.0 cm³/mol. The Morgan fingerprint density at radius 2 is 2.12 bits per heavy atom. The maximum atomic E-state index is 10.9. The molecule has 0 saturated heterocycles. The van der Waals surface area contributed by atoms with Crippen molar-refractivity contribution < 1.29 is 9.53 Å². The lowest BCUT2D eigenvalue weighted by Gasteiger charge is -2.12. The molecule has 0 heterocycles. The number of aryl methyl sites for hydroxylation is 1. The number of ether oxygens (including phenoxy) is 1. The SMILES string of the molecule is CCOc1ccc(C(=C=O)CN(C)C)cc1C. The van der Waals surface area contributed by atoms with Crippen molar-refractivity contribution in [2.45, 2.75) is 13.8 Å². The maximum Gasteiger partial charge on any atom is 0.129 e. The second kappa shape index (κ2) is 6.24. The van der Waals surface area contributed by atoms with Gasteiger partial charge in [-0.3, -0.25) is 0 Å². The molecule has 17 heavy (non-hydrogen) atoms. The molecule has 1 aromatic rings. The topological polar surface area (TPSA) is 29.5 Å². The zero-order valence-electron chi connectivity index (χ0n) is 10.9. The lowest BCUT2D eigenvalue weighted by molar-refractivity contribution is 0.338. The van der Waals surface area contributed by atoms with E-state index in [0.717, 1.165) is 16.9 Å². The van der Waals surface area contributed by atoms with Gasteiger partial charge in [0.25, 0.3) is 0 Å². The molecule has 0 fully saturated rings. The van der Waals surface area contributed by atoms with Crippen LogP contribution in [0.2, 0.25) is 0 Å². The maximum absolute atomic E-state index is 10.9. The number of nitrogens with zero attached hydrogens (tertiary/aromatic N) is 1. The standard InChI is InChI=1S/C14H19NO2/c1-5-17-14-7-6-12(8-11(14)2)13(10-16)9-15(3)4/h6-8H,5,9H2,1-4H3. The zero-order valence-corrected chi connectivity index (χ0v) is 10.9. The quantitative estimate of drug-likeness (QED) is 0.730. The molecule has 0 aliphatic carbocycles. The number of likely N-dealkylation sites (N-methyl/N-ethyl adjacent to an activating group) is 1. The van der Waals surface area contributed by atoms with Crippen LogP contribution in [0.15, 0.2) is 18.2 Å². The van der Waals surface area contributed by atoms with Crippen molar-refractivity contribution in [1.29, 1.82) is 0 Å². The van der Waals surface area contributed by atoms with Crippen LogP contribution < -0.4 is 4.74 Å². The normalized spacial score (nSPS) is 10.2. The van der Waals surface area contributed by atoms with Gasteiger partial charge in [0.1, 0.15) is 11.7 Å². The molecule has 0 bridgehead atoms. The molecule has 3 heteroatoms. The molecule has 1 rings (SSSR count). The Morgan fingerprint density at radius 3 is 2.59 bits per heavy atom. The Kier molecular flexibility index (Phi) is 4.95. The van der Waals surface area contributed by atoms with Gasteiger partial charge >= 0.3 is 0 Å². The third-order valence-electron chi connectivity index (χ3n) is 2.42. The highest BCUT2D eigenvalue weighted by molar-refractivity contribution is 5.88. The number of hydrogen-bond donors (Lipinski definition) is 0. The van der Waals surface area contributed by atoms with Gasteiger partial charge in [-0.25, -0.2) is 4.79 Å². The van der Waals surface area contributed by atoms with E-state index >= 15 is 0 Å². The first-order valence-electron chi connectivity index (χ1n) is 5.71. The fourth-order valence-electron chi connectivity index (χ4n) is 1.65. The van der Waals surface area contributed by atoms with Gasteiger partial charge in [-0.05, 0) is 51.2 Å². The van der Waals surface area contributed by atoms with Gasteiger partial charge in [0.05, 0.1) is 12.2 Å². The van der Waals surface area contributed by atoms with Crippen molar-refractivity contribution in [3.8, 4) is 5.75 Å². The van der Waals surface area contributed by atoms with Crippen LogP contribution in [-0.2, 0) is 4.79 Å². The van der Waals surface area contributed by atoms with Crippen molar-refractivity contribution in [2.24, 2.45) is 0 Å². The molecule has 0 spiro atoms. The van der Waals surface area contributed by atoms with Gasteiger partial charge in [-0.15, -0.1) is 0 Å². The van der Waals surface area contributed by atoms with E-state index in [1.54, 1.807) is 0 Å². The fourth-order valence-corrected chi connectivity index (χ4v) is 1.65. The molecule has 0 aliphatic heterocycles. The van der Waals surface area contributed by atoms with E-state index in [9.17, 15) is 4.79 Å². The molecular weight excluding hydrogens is 214 g/mol. The van der Waals surface area contributed by atoms with E-state index in [1.165, 1.54) is 0 Å². The minimum atomic E-state index is 0.594. The van der Waals surface area contributed by atoms with E-state index in [-0.39, 0.29) is 0 Å². The molecule has 0 saturated carbocycles. The highest BCUT2D eigenvalue weighted by atomic mass is 16.5. The summed E-state index contributed by atoms with van der Waals surface area (Å²) in [6.07, 6.45) is 0. The summed E-state index contributed by atoms with van der Waals surface area (Å²) < 4.78 is 5.47. The highest BCUT2D eigenvalue weighted by Crippen LogP contribution is 2.22. The second-order valence-electron chi connectivity index (χ2n) is 4.23. The second-order valence-corrected chi connectivity index (χ2v) is 4.23. The van der Waals surface area contributed by atoms with Crippen molar-refractivity contribution in [3.05, 3.63) is 29.3 Å². The van der Waals surface area contributed by atoms with E-state index in [1.807, 2.05) is 57.0 Å². The van der Waals surface area contributed by atoms with E-state index in [2.05, 4.69) is 0 Å². The van der Waals surface area contributed by atoms with Crippen LogP contribution >= 0.6 is 0 Å². The molecule has 0 aliphatic rings. The van der Waals surface area contributed by atoms with Gasteiger partial charge in [-0.2, -0.15) is 0 Å². The third kappa shape index (κ3) is 3.74. The molecular formula is C14H19NO2. The van der Waals surface area contributed by atoms with Crippen LogP contribution in [0.25, 0.3) is 5.57 Å². The number of benzene rings is 1. The Hall–Kier alpha value is -1.57. The molecule has 1 aromatic carbocycles. The molecule has 0 N–H and O–H groups in total. The smallest absolute Gasteiger partial charge is 0.129 e.